The first kappa shape index (κ1) is 23.2. The second-order valence-electron chi connectivity index (χ2n) is 6.21. The van der Waals surface area contributed by atoms with Gasteiger partial charge in [-0.3, -0.25) is 14.1 Å². The van der Waals surface area contributed by atoms with Crippen molar-refractivity contribution in [2.24, 2.45) is 0 Å². The third-order valence-electron chi connectivity index (χ3n) is 4.34. The van der Waals surface area contributed by atoms with E-state index in [-0.39, 0.29) is 48.3 Å². The van der Waals surface area contributed by atoms with Gasteiger partial charge in [0.05, 0.1) is 25.0 Å². The van der Waals surface area contributed by atoms with Crippen molar-refractivity contribution in [1.82, 2.24) is 20.0 Å². The van der Waals surface area contributed by atoms with Crippen LogP contribution < -0.4 is 10.7 Å². The average molecular weight is 439 g/mol. The van der Waals surface area contributed by atoms with E-state index in [0.29, 0.717) is 15.4 Å². The minimum atomic E-state index is -4.93. The molecule has 15 heteroatoms. The summed E-state index contributed by atoms with van der Waals surface area (Å²) in [6, 6.07) is -1.90. The van der Waals surface area contributed by atoms with E-state index in [0.717, 1.165) is 17.2 Å². The van der Waals surface area contributed by atoms with Crippen LogP contribution in [0, 0.1) is 0 Å². The molecule has 0 aromatic carbocycles. The quantitative estimate of drug-likeness (QED) is 0.178. The number of nitrogens with one attached hydrogen (secondary N) is 1. The van der Waals surface area contributed by atoms with Crippen molar-refractivity contribution in [1.29, 1.82) is 0 Å². The van der Waals surface area contributed by atoms with Gasteiger partial charge in [-0.2, -0.15) is 18.2 Å². The molecule has 2 aliphatic rings. The van der Waals surface area contributed by atoms with Gasteiger partial charge in [0.25, 0.3) is 0 Å². The van der Waals surface area contributed by atoms with Crippen molar-refractivity contribution < 1.29 is 37.2 Å². The van der Waals surface area contributed by atoms with Crippen LogP contribution in [-0.2, 0) is 26.0 Å². The van der Waals surface area contributed by atoms with Gasteiger partial charge in [0.2, 0.25) is 11.3 Å². The van der Waals surface area contributed by atoms with Gasteiger partial charge >= 0.3 is 16.4 Å². The Hall–Kier alpha value is -2.10. The van der Waals surface area contributed by atoms with Gasteiger partial charge in [-0.1, -0.05) is 6.08 Å². The van der Waals surface area contributed by atoms with E-state index in [1.54, 1.807) is 6.92 Å². The standard InChI is InChI=1S/C14H16N4O9S.Na/c1-7-2-9(16-5-10(7)18(14(16)22)27-28(24,25)26)13(21)15-4-8-3-11(19)12(20)6-17(8)23;/h2-3,6,9-10,20,23H,4-5H2,1H3,(H,15,21)(H,24,25,26);/t9-,10-;/m0./s1. The SMILES string of the molecule is CC1=C[C@@H](C(=O)NCc2cc(=O)c(O)cn2O)N2C[C@@H]1N(OS(=O)(=O)O)C2=O.[Na]. The van der Waals surface area contributed by atoms with Crippen LogP contribution >= 0.6 is 0 Å². The van der Waals surface area contributed by atoms with Crippen LogP contribution in [0.3, 0.4) is 0 Å². The van der Waals surface area contributed by atoms with Crippen LogP contribution in [0.4, 0.5) is 4.79 Å². The first-order valence-electron chi connectivity index (χ1n) is 7.84. The third-order valence-corrected chi connectivity index (χ3v) is 4.69. The second kappa shape index (κ2) is 8.33. The Morgan fingerprint density at radius 1 is 1.38 bits per heavy atom. The van der Waals surface area contributed by atoms with E-state index in [2.05, 4.69) is 9.60 Å². The molecule has 13 nitrogen and oxygen atoms in total. The van der Waals surface area contributed by atoms with E-state index in [4.69, 9.17) is 4.55 Å². The normalized spacial score (nSPS) is 20.9. The molecule has 153 valence electrons. The molecule has 3 rings (SSSR count). The summed E-state index contributed by atoms with van der Waals surface area (Å²) in [6.45, 7) is 1.23. The van der Waals surface area contributed by atoms with Gasteiger partial charge in [0.1, 0.15) is 12.1 Å². The molecular formula is C14H16N4NaO9S. The van der Waals surface area contributed by atoms with Crippen molar-refractivity contribution in [3.8, 4) is 5.75 Å². The largest absolute Gasteiger partial charge is 0.503 e. The zero-order chi connectivity index (χ0) is 20.8. The van der Waals surface area contributed by atoms with Gasteiger partial charge in [-0.25, -0.2) is 4.79 Å². The first-order chi connectivity index (χ1) is 13.0. The molecule has 2 bridgehead atoms. The maximum atomic E-state index is 12.5. The number of rotatable bonds is 5. The first-order valence-corrected chi connectivity index (χ1v) is 9.21. The number of nitrogens with zero attached hydrogens (tertiary/aromatic N) is 3. The van der Waals surface area contributed by atoms with Gasteiger partial charge in [0, 0.05) is 35.6 Å². The monoisotopic (exact) mass is 439 g/mol. The van der Waals surface area contributed by atoms with Crippen molar-refractivity contribution in [3.63, 3.8) is 0 Å². The molecule has 0 unspecified atom stereocenters. The van der Waals surface area contributed by atoms with Crippen molar-refractivity contribution >= 4 is 51.9 Å². The molecule has 1 aromatic rings. The van der Waals surface area contributed by atoms with Crippen LogP contribution in [0.25, 0.3) is 0 Å². The Morgan fingerprint density at radius 3 is 2.66 bits per heavy atom. The zero-order valence-electron chi connectivity index (χ0n) is 15.3. The smallest absolute Gasteiger partial charge is 0.418 e. The minimum absolute atomic E-state index is 0. The fourth-order valence-corrected chi connectivity index (χ4v) is 3.35. The summed E-state index contributed by atoms with van der Waals surface area (Å²) in [6.07, 6.45) is 2.20. The Kier molecular flexibility index (Phi) is 6.66. The number of carbonyl (C=O) groups excluding carboxylic acids is 2. The Balaban J connectivity index is 0.00000300. The number of hydroxylamine groups is 2. The predicted molar refractivity (Wildman–Crippen MR) is 95.1 cm³/mol. The molecule has 29 heavy (non-hydrogen) atoms. The molecule has 1 fully saturated rings. The van der Waals surface area contributed by atoms with Crippen LogP contribution in [0.5, 0.6) is 5.75 Å². The minimum Gasteiger partial charge on any atom is -0.503 e. The summed E-state index contributed by atoms with van der Waals surface area (Å²) in [4.78, 5) is 37.4. The molecule has 3 heterocycles. The van der Waals surface area contributed by atoms with Crippen molar-refractivity contribution in [3.05, 3.63) is 39.8 Å². The van der Waals surface area contributed by atoms with E-state index in [1.807, 2.05) is 0 Å². The fraction of sp³-hybridized carbons (Fsp3) is 0.357. The van der Waals surface area contributed by atoms with Crippen molar-refractivity contribution in [2.45, 2.75) is 25.6 Å². The maximum Gasteiger partial charge on any atom is 0.418 e. The predicted octanol–water partition coefficient (Wildman–Crippen LogP) is -1.80. The van der Waals surface area contributed by atoms with Crippen molar-refractivity contribution in [2.75, 3.05) is 6.54 Å². The summed E-state index contributed by atoms with van der Waals surface area (Å²) >= 11 is 0. The molecule has 1 radical (unpaired) electrons. The maximum absolute atomic E-state index is 12.5. The number of pyridine rings is 1. The molecule has 0 saturated carbocycles. The topological polar surface area (TPSA) is 179 Å². The fourth-order valence-electron chi connectivity index (χ4n) is 2.98. The number of urea groups is 1. The van der Waals surface area contributed by atoms with Gasteiger partial charge in [-0.15, -0.1) is 4.28 Å². The summed E-state index contributed by atoms with van der Waals surface area (Å²) < 4.78 is 35.5. The summed E-state index contributed by atoms with van der Waals surface area (Å²) in [5.41, 5.74) is -0.303. The Labute approximate surface area is 186 Å². The third kappa shape index (κ3) is 4.73. The number of fused-ring (bicyclic) bond motifs is 2. The van der Waals surface area contributed by atoms with Gasteiger partial charge in [-0.05, 0) is 12.5 Å². The number of hydrogen-bond donors (Lipinski definition) is 4. The van der Waals surface area contributed by atoms with E-state index in [9.17, 15) is 33.1 Å². The summed E-state index contributed by atoms with van der Waals surface area (Å²) in [5.74, 6) is -1.34. The molecule has 2 aliphatic heterocycles. The molecular weight excluding hydrogens is 423 g/mol. The Bertz CT molecular complexity index is 1040. The molecule has 4 N–H and O–H groups in total. The van der Waals surface area contributed by atoms with Crippen LogP contribution in [0.2, 0.25) is 0 Å². The molecule has 3 amide bonds. The number of amides is 3. The average Bonchev–Trinajstić information content (AvgIpc) is 2.85. The van der Waals surface area contributed by atoms with E-state index >= 15 is 0 Å². The number of carbonyl (C=O) groups is 2. The molecule has 2 atom stereocenters. The number of hydrogen-bond acceptors (Lipinski definition) is 8. The van der Waals surface area contributed by atoms with Gasteiger partial charge < -0.3 is 20.5 Å². The molecule has 0 aliphatic carbocycles. The Morgan fingerprint density at radius 2 is 2.03 bits per heavy atom. The molecule has 0 spiro atoms. The molecule has 1 saturated heterocycles. The van der Waals surface area contributed by atoms with Gasteiger partial charge in [0.15, 0.2) is 5.75 Å². The summed E-state index contributed by atoms with van der Waals surface area (Å²) in [5, 5.41) is 21.8. The summed E-state index contributed by atoms with van der Waals surface area (Å²) in [7, 11) is -4.93. The van der Waals surface area contributed by atoms with Crippen LogP contribution in [-0.4, -0.2) is 98.1 Å². The zero-order valence-corrected chi connectivity index (χ0v) is 18.2. The second-order valence-corrected chi connectivity index (χ2v) is 7.22. The molecule has 1 aromatic heterocycles. The van der Waals surface area contributed by atoms with E-state index < -0.39 is 45.6 Å². The van der Waals surface area contributed by atoms with Crippen LogP contribution in [0.1, 0.15) is 12.6 Å². The number of aromatic nitrogens is 1. The van der Waals surface area contributed by atoms with E-state index in [1.165, 1.54) is 6.08 Å². The number of aromatic hydroxyl groups is 1. The van der Waals surface area contributed by atoms with Crippen LogP contribution in [0.15, 0.2) is 28.7 Å².